The van der Waals surface area contributed by atoms with Crippen molar-refractivity contribution in [2.24, 2.45) is 5.73 Å². The second-order valence-electron chi connectivity index (χ2n) is 4.01. The molecule has 2 rings (SSSR count). The first-order valence-electron chi connectivity index (χ1n) is 5.85. The van der Waals surface area contributed by atoms with Crippen molar-refractivity contribution < 1.29 is 4.74 Å². The van der Waals surface area contributed by atoms with Gasteiger partial charge in [0.2, 0.25) is 0 Å². The minimum absolute atomic E-state index is 0.484. The SMILES string of the molecule is CSc1cccc(Oc2ccccc2C)c1CN. The molecule has 0 aliphatic rings. The second kappa shape index (κ2) is 5.94. The van der Waals surface area contributed by atoms with Gasteiger partial charge in [-0.1, -0.05) is 24.3 Å². The molecule has 94 valence electrons. The van der Waals surface area contributed by atoms with E-state index in [4.69, 9.17) is 10.5 Å². The third-order valence-electron chi connectivity index (χ3n) is 2.83. The van der Waals surface area contributed by atoms with Gasteiger partial charge in [0.15, 0.2) is 0 Å². The number of ether oxygens (including phenoxy) is 1. The summed E-state index contributed by atoms with van der Waals surface area (Å²) in [6.07, 6.45) is 2.05. The maximum Gasteiger partial charge on any atom is 0.133 e. The lowest BCUT2D eigenvalue weighted by Crippen LogP contribution is -2.01. The summed E-state index contributed by atoms with van der Waals surface area (Å²) in [5.74, 6) is 1.73. The number of aryl methyl sites for hydroxylation is 1. The Hall–Kier alpha value is -1.45. The molecule has 0 fully saturated rings. The predicted molar refractivity (Wildman–Crippen MR) is 77.4 cm³/mol. The van der Waals surface area contributed by atoms with Crippen LogP contribution in [0.5, 0.6) is 11.5 Å². The summed E-state index contributed by atoms with van der Waals surface area (Å²) >= 11 is 1.69. The molecule has 2 N–H and O–H groups in total. The van der Waals surface area contributed by atoms with Gasteiger partial charge in [-0.3, -0.25) is 0 Å². The molecule has 0 unspecified atom stereocenters. The van der Waals surface area contributed by atoms with Gasteiger partial charge < -0.3 is 10.5 Å². The van der Waals surface area contributed by atoms with Crippen LogP contribution in [-0.2, 0) is 6.54 Å². The minimum atomic E-state index is 0.484. The maximum atomic E-state index is 5.98. The molecule has 2 nitrogen and oxygen atoms in total. The lowest BCUT2D eigenvalue weighted by molar-refractivity contribution is 0.470. The first kappa shape index (κ1) is 13.0. The molecule has 0 saturated heterocycles. The molecule has 0 aromatic heterocycles. The Balaban J connectivity index is 2.37. The quantitative estimate of drug-likeness (QED) is 0.844. The molecular weight excluding hydrogens is 242 g/mol. The largest absolute Gasteiger partial charge is 0.457 e. The topological polar surface area (TPSA) is 35.2 Å². The Morgan fingerprint density at radius 3 is 2.44 bits per heavy atom. The molecule has 0 heterocycles. The average Bonchev–Trinajstić information content (AvgIpc) is 2.41. The first-order valence-corrected chi connectivity index (χ1v) is 7.08. The average molecular weight is 259 g/mol. The molecule has 2 aromatic carbocycles. The fourth-order valence-corrected chi connectivity index (χ4v) is 2.47. The molecule has 0 bridgehead atoms. The summed E-state index contributed by atoms with van der Waals surface area (Å²) in [5, 5.41) is 0. The van der Waals surface area contributed by atoms with Crippen LogP contribution in [-0.4, -0.2) is 6.26 Å². The van der Waals surface area contributed by atoms with Gasteiger partial charge >= 0.3 is 0 Å². The van der Waals surface area contributed by atoms with Gasteiger partial charge in [-0.15, -0.1) is 11.8 Å². The fourth-order valence-electron chi connectivity index (χ4n) is 1.82. The van der Waals surface area contributed by atoms with Crippen molar-refractivity contribution in [3.8, 4) is 11.5 Å². The van der Waals surface area contributed by atoms with Crippen LogP contribution < -0.4 is 10.5 Å². The molecule has 0 amide bonds. The number of nitrogens with two attached hydrogens (primary N) is 1. The van der Waals surface area contributed by atoms with Crippen molar-refractivity contribution in [3.63, 3.8) is 0 Å². The van der Waals surface area contributed by atoms with Crippen LogP contribution in [0, 0.1) is 6.92 Å². The molecule has 3 heteroatoms. The van der Waals surface area contributed by atoms with E-state index in [1.54, 1.807) is 11.8 Å². The van der Waals surface area contributed by atoms with Crippen LogP contribution in [0.3, 0.4) is 0 Å². The molecule has 0 saturated carbocycles. The van der Waals surface area contributed by atoms with Crippen molar-refractivity contribution in [2.45, 2.75) is 18.4 Å². The van der Waals surface area contributed by atoms with Gasteiger partial charge in [0.1, 0.15) is 11.5 Å². The first-order chi connectivity index (χ1) is 8.76. The van der Waals surface area contributed by atoms with E-state index in [0.29, 0.717) is 6.54 Å². The van der Waals surface area contributed by atoms with Crippen LogP contribution >= 0.6 is 11.8 Å². The fraction of sp³-hybridized carbons (Fsp3) is 0.200. The van der Waals surface area contributed by atoms with Gasteiger partial charge in [-0.25, -0.2) is 0 Å². The minimum Gasteiger partial charge on any atom is -0.457 e. The summed E-state index contributed by atoms with van der Waals surface area (Å²) < 4.78 is 5.98. The van der Waals surface area contributed by atoms with Crippen LogP contribution in [0.2, 0.25) is 0 Å². The van der Waals surface area contributed by atoms with E-state index in [9.17, 15) is 0 Å². The molecular formula is C15H17NOS. The van der Waals surface area contributed by atoms with Crippen molar-refractivity contribution in [3.05, 3.63) is 53.6 Å². The highest BCUT2D eigenvalue weighted by Crippen LogP contribution is 2.32. The summed E-state index contributed by atoms with van der Waals surface area (Å²) in [6.45, 7) is 2.52. The third-order valence-corrected chi connectivity index (χ3v) is 3.65. The molecule has 2 aromatic rings. The maximum absolute atomic E-state index is 5.98. The van der Waals surface area contributed by atoms with Gasteiger partial charge in [-0.2, -0.15) is 0 Å². The van der Waals surface area contributed by atoms with Crippen molar-refractivity contribution >= 4 is 11.8 Å². The molecule has 0 aliphatic carbocycles. The molecule has 0 atom stereocenters. The van der Waals surface area contributed by atoms with Gasteiger partial charge in [0.25, 0.3) is 0 Å². The molecule has 0 spiro atoms. The lowest BCUT2D eigenvalue weighted by atomic mass is 10.2. The lowest BCUT2D eigenvalue weighted by Gasteiger charge is -2.14. The summed E-state index contributed by atoms with van der Waals surface area (Å²) in [7, 11) is 0. The monoisotopic (exact) mass is 259 g/mol. The van der Waals surface area contributed by atoms with Gasteiger partial charge in [0, 0.05) is 17.0 Å². The number of thioether (sulfide) groups is 1. The Bertz CT molecular complexity index is 540. The Kier molecular flexibility index (Phi) is 4.28. The Morgan fingerprint density at radius 1 is 1.06 bits per heavy atom. The van der Waals surface area contributed by atoms with Crippen LogP contribution in [0.4, 0.5) is 0 Å². The number of rotatable bonds is 4. The van der Waals surface area contributed by atoms with E-state index in [1.807, 2.05) is 49.6 Å². The summed E-state index contributed by atoms with van der Waals surface area (Å²) in [4.78, 5) is 1.17. The number of hydrogen-bond donors (Lipinski definition) is 1. The van der Waals surface area contributed by atoms with E-state index < -0.39 is 0 Å². The van der Waals surface area contributed by atoms with Gasteiger partial charge in [0.05, 0.1) is 0 Å². The number of hydrogen-bond acceptors (Lipinski definition) is 3. The zero-order valence-corrected chi connectivity index (χ0v) is 11.5. The van der Waals surface area contributed by atoms with Crippen molar-refractivity contribution in [1.82, 2.24) is 0 Å². The summed E-state index contributed by atoms with van der Waals surface area (Å²) in [6, 6.07) is 14.0. The normalized spacial score (nSPS) is 10.4. The van der Waals surface area contributed by atoms with Gasteiger partial charge in [-0.05, 0) is 36.9 Å². The highest BCUT2D eigenvalue weighted by atomic mass is 32.2. The van der Waals surface area contributed by atoms with E-state index in [-0.39, 0.29) is 0 Å². The molecule has 0 radical (unpaired) electrons. The number of para-hydroxylation sites is 1. The zero-order valence-electron chi connectivity index (χ0n) is 10.6. The summed E-state index contributed by atoms with van der Waals surface area (Å²) in [5.41, 5.74) is 8.01. The van der Waals surface area contributed by atoms with E-state index >= 15 is 0 Å². The van der Waals surface area contributed by atoms with Crippen LogP contribution in [0.1, 0.15) is 11.1 Å². The smallest absolute Gasteiger partial charge is 0.133 e. The highest BCUT2D eigenvalue weighted by Gasteiger charge is 2.09. The second-order valence-corrected chi connectivity index (χ2v) is 4.86. The van der Waals surface area contributed by atoms with E-state index in [2.05, 4.69) is 6.07 Å². The van der Waals surface area contributed by atoms with Crippen LogP contribution in [0.15, 0.2) is 47.4 Å². The van der Waals surface area contributed by atoms with E-state index in [1.165, 1.54) is 4.90 Å². The van der Waals surface area contributed by atoms with E-state index in [0.717, 1.165) is 22.6 Å². The number of benzene rings is 2. The van der Waals surface area contributed by atoms with Crippen molar-refractivity contribution in [1.29, 1.82) is 0 Å². The molecule has 0 aliphatic heterocycles. The zero-order chi connectivity index (χ0) is 13.0. The molecule has 18 heavy (non-hydrogen) atoms. The standard InChI is InChI=1S/C15H17NOS/c1-11-6-3-4-7-13(11)17-14-8-5-9-15(18-2)12(14)10-16/h3-9H,10,16H2,1-2H3. The highest BCUT2D eigenvalue weighted by molar-refractivity contribution is 7.98. The Morgan fingerprint density at radius 2 is 1.78 bits per heavy atom. The Labute approximate surface area is 112 Å². The predicted octanol–water partition coefficient (Wildman–Crippen LogP) is 3.97. The van der Waals surface area contributed by atoms with Crippen LogP contribution in [0.25, 0.3) is 0 Å². The van der Waals surface area contributed by atoms with Crippen molar-refractivity contribution in [2.75, 3.05) is 6.26 Å². The third kappa shape index (κ3) is 2.68.